The van der Waals surface area contributed by atoms with Crippen molar-refractivity contribution in [3.05, 3.63) is 16.5 Å². The highest BCUT2D eigenvalue weighted by Gasteiger charge is 2.25. The first-order valence-electron chi connectivity index (χ1n) is 6.51. The van der Waals surface area contributed by atoms with Crippen molar-refractivity contribution < 1.29 is 5.11 Å². The Morgan fingerprint density at radius 1 is 1.28 bits per heavy atom. The number of aryl methyl sites for hydroxylation is 1. The monoisotopic (exact) mass is 315 g/mol. The zero-order valence-corrected chi connectivity index (χ0v) is 12.9. The van der Waals surface area contributed by atoms with E-state index in [1.807, 2.05) is 6.07 Å². The van der Waals surface area contributed by atoms with Crippen LogP contribution in [0.4, 0.5) is 5.82 Å². The van der Waals surface area contributed by atoms with Crippen LogP contribution in [0, 0.1) is 0 Å². The Morgan fingerprint density at radius 2 is 1.94 bits per heavy atom. The molecule has 2 N–H and O–H groups in total. The Labute approximate surface area is 117 Å². The third kappa shape index (κ3) is 3.92. The molecule has 1 aromatic rings. The van der Waals surface area contributed by atoms with Crippen molar-refractivity contribution in [1.82, 2.24) is 9.97 Å². The summed E-state index contributed by atoms with van der Waals surface area (Å²) in [6.45, 7) is 6.34. The van der Waals surface area contributed by atoms with Crippen molar-refractivity contribution in [3.8, 4) is 0 Å². The van der Waals surface area contributed by atoms with Crippen molar-refractivity contribution in [2.45, 2.75) is 52.0 Å². The molecule has 1 rings (SSSR count). The van der Waals surface area contributed by atoms with E-state index < -0.39 is 0 Å². The Kier molecular flexibility index (Phi) is 6.02. The van der Waals surface area contributed by atoms with E-state index in [9.17, 15) is 5.11 Å². The molecule has 0 aliphatic carbocycles. The third-order valence-electron chi connectivity index (χ3n) is 3.26. The predicted octanol–water partition coefficient (Wildman–Crippen LogP) is 3.15. The van der Waals surface area contributed by atoms with Crippen molar-refractivity contribution in [2.24, 2.45) is 0 Å². The molecule has 1 aromatic heterocycles. The summed E-state index contributed by atoms with van der Waals surface area (Å²) in [6.07, 6.45) is 3.58. The van der Waals surface area contributed by atoms with Gasteiger partial charge in [-0.05, 0) is 35.2 Å². The molecule has 0 aromatic carbocycles. The molecule has 18 heavy (non-hydrogen) atoms. The van der Waals surface area contributed by atoms with Gasteiger partial charge in [-0.1, -0.05) is 20.8 Å². The standard InChI is InChI=1S/C13H22BrN3O/c1-4-7-11-15-10(14)8-12(16-11)17-13(5-2,6-3)9-18/h8,18H,4-7,9H2,1-3H3,(H,15,16,17). The molecule has 102 valence electrons. The van der Waals surface area contributed by atoms with Gasteiger partial charge in [0.25, 0.3) is 0 Å². The second-order valence-electron chi connectivity index (χ2n) is 4.51. The van der Waals surface area contributed by atoms with Crippen LogP contribution in [0.5, 0.6) is 0 Å². The minimum Gasteiger partial charge on any atom is -0.394 e. The average molecular weight is 316 g/mol. The van der Waals surface area contributed by atoms with Crippen LogP contribution >= 0.6 is 15.9 Å². The Hall–Kier alpha value is -0.680. The smallest absolute Gasteiger partial charge is 0.132 e. The first-order valence-corrected chi connectivity index (χ1v) is 7.31. The van der Waals surface area contributed by atoms with E-state index in [0.717, 1.165) is 41.9 Å². The van der Waals surface area contributed by atoms with Crippen LogP contribution < -0.4 is 5.32 Å². The predicted molar refractivity (Wildman–Crippen MR) is 77.7 cm³/mol. The van der Waals surface area contributed by atoms with Gasteiger partial charge in [0.05, 0.1) is 12.1 Å². The maximum atomic E-state index is 9.56. The number of halogens is 1. The molecule has 0 bridgehead atoms. The number of nitrogens with zero attached hydrogens (tertiary/aromatic N) is 2. The lowest BCUT2D eigenvalue weighted by Gasteiger charge is -2.31. The van der Waals surface area contributed by atoms with Gasteiger partial charge in [0.15, 0.2) is 0 Å². The molecule has 0 atom stereocenters. The Bertz CT molecular complexity index is 372. The number of aliphatic hydroxyl groups is 1. The van der Waals surface area contributed by atoms with Crippen molar-refractivity contribution >= 4 is 21.7 Å². The molecule has 0 saturated heterocycles. The molecule has 0 amide bonds. The van der Waals surface area contributed by atoms with Gasteiger partial charge in [0.2, 0.25) is 0 Å². The van der Waals surface area contributed by atoms with Crippen molar-refractivity contribution in [3.63, 3.8) is 0 Å². The second-order valence-corrected chi connectivity index (χ2v) is 5.33. The molecule has 0 unspecified atom stereocenters. The molecular weight excluding hydrogens is 294 g/mol. The van der Waals surface area contributed by atoms with Crippen LogP contribution in [0.25, 0.3) is 0 Å². The van der Waals surface area contributed by atoms with Gasteiger partial charge >= 0.3 is 0 Å². The maximum Gasteiger partial charge on any atom is 0.132 e. The summed E-state index contributed by atoms with van der Waals surface area (Å²) in [4.78, 5) is 8.82. The minimum atomic E-state index is -0.294. The topological polar surface area (TPSA) is 58.0 Å². The normalized spacial score (nSPS) is 11.6. The maximum absolute atomic E-state index is 9.56. The summed E-state index contributed by atoms with van der Waals surface area (Å²) in [5.74, 6) is 1.60. The second kappa shape index (κ2) is 7.04. The lowest BCUT2D eigenvalue weighted by atomic mass is 9.94. The lowest BCUT2D eigenvalue weighted by molar-refractivity contribution is 0.202. The number of nitrogens with one attached hydrogen (secondary N) is 1. The van der Waals surface area contributed by atoms with Crippen molar-refractivity contribution in [2.75, 3.05) is 11.9 Å². The fourth-order valence-corrected chi connectivity index (χ4v) is 2.25. The number of rotatable bonds is 7. The number of aliphatic hydroxyl groups excluding tert-OH is 1. The fourth-order valence-electron chi connectivity index (χ4n) is 1.83. The van der Waals surface area contributed by atoms with Crippen LogP contribution in [0.3, 0.4) is 0 Å². The molecule has 0 fully saturated rings. The van der Waals surface area contributed by atoms with Crippen molar-refractivity contribution in [1.29, 1.82) is 0 Å². The molecule has 5 heteroatoms. The van der Waals surface area contributed by atoms with Crippen LogP contribution in [0.15, 0.2) is 10.7 Å². The van der Waals surface area contributed by atoms with Gasteiger partial charge in [-0.25, -0.2) is 9.97 Å². The van der Waals surface area contributed by atoms with Gasteiger partial charge < -0.3 is 10.4 Å². The summed E-state index contributed by atoms with van der Waals surface area (Å²) in [5, 5.41) is 12.9. The first-order chi connectivity index (χ1) is 8.59. The van der Waals surface area contributed by atoms with Gasteiger partial charge in [0, 0.05) is 12.5 Å². The summed E-state index contributed by atoms with van der Waals surface area (Å²) in [7, 11) is 0. The Balaban J connectivity index is 2.95. The number of anilines is 1. The highest BCUT2D eigenvalue weighted by molar-refractivity contribution is 9.10. The van der Waals surface area contributed by atoms with E-state index >= 15 is 0 Å². The number of aromatic nitrogens is 2. The van der Waals surface area contributed by atoms with E-state index in [1.165, 1.54) is 0 Å². The molecule has 0 aliphatic rings. The van der Waals surface area contributed by atoms with Gasteiger partial charge in [-0.3, -0.25) is 0 Å². The van der Waals surface area contributed by atoms with E-state index in [2.05, 4.69) is 52.0 Å². The molecule has 4 nitrogen and oxygen atoms in total. The lowest BCUT2D eigenvalue weighted by Crippen LogP contribution is -2.41. The number of hydrogen-bond donors (Lipinski definition) is 2. The molecule has 0 spiro atoms. The van der Waals surface area contributed by atoms with Gasteiger partial charge in [-0.15, -0.1) is 0 Å². The average Bonchev–Trinajstić information content (AvgIpc) is 2.36. The molecule has 0 saturated carbocycles. The minimum absolute atomic E-state index is 0.102. The zero-order valence-electron chi connectivity index (χ0n) is 11.3. The van der Waals surface area contributed by atoms with E-state index in [0.29, 0.717) is 0 Å². The summed E-state index contributed by atoms with van der Waals surface area (Å²) in [5.41, 5.74) is -0.294. The van der Waals surface area contributed by atoms with Crippen LogP contribution in [-0.4, -0.2) is 27.2 Å². The van der Waals surface area contributed by atoms with E-state index in [4.69, 9.17) is 0 Å². The SMILES string of the molecule is CCCc1nc(Br)cc(NC(CC)(CC)CO)n1. The zero-order chi connectivity index (χ0) is 13.6. The molecular formula is C13H22BrN3O. The summed E-state index contributed by atoms with van der Waals surface area (Å²) >= 11 is 3.40. The van der Waals surface area contributed by atoms with Crippen LogP contribution in [0.1, 0.15) is 45.9 Å². The highest BCUT2D eigenvalue weighted by atomic mass is 79.9. The third-order valence-corrected chi connectivity index (χ3v) is 3.67. The van der Waals surface area contributed by atoms with Crippen LogP contribution in [0.2, 0.25) is 0 Å². The fraction of sp³-hybridized carbons (Fsp3) is 0.692. The van der Waals surface area contributed by atoms with Crippen LogP contribution in [-0.2, 0) is 6.42 Å². The Morgan fingerprint density at radius 3 is 2.44 bits per heavy atom. The van der Waals surface area contributed by atoms with Gasteiger partial charge in [0.1, 0.15) is 16.2 Å². The largest absolute Gasteiger partial charge is 0.394 e. The molecule has 0 radical (unpaired) electrons. The highest BCUT2D eigenvalue weighted by Crippen LogP contribution is 2.22. The summed E-state index contributed by atoms with van der Waals surface area (Å²) < 4.78 is 0.780. The van der Waals surface area contributed by atoms with E-state index in [1.54, 1.807) is 0 Å². The molecule has 0 aliphatic heterocycles. The summed E-state index contributed by atoms with van der Waals surface area (Å²) in [6, 6.07) is 1.86. The molecule has 1 heterocycles. The quantitative estimate of drug-likeness (QED) is 0.759. The number of hydrogen-bond acceptors (Lipinski definition) is 4. The van der Waals surface area contributed by atoms with Gasteiger partial charge in [-0.2, -0.15) is 0 Å². The van der Waals surface area contributed by atoms with E-state index in [-0.39, 0.29) is 12.1 Å². The first kappa shape index (κ1) is 15.4.